The van der Waals surface area contributed by atoms with E-state index in [0.717, 1.165) is 126 Å². The Morgan fingerprint density at radius 1 is 0.392 bits per heavy atom. The molecule has 44 heteroatoms. The third-order valence-corrected chi connectivity index (χ3v) is 25.5. The second-order valence-corrected chi connectivity index (χ2v) is 36.1. The first-order chi connectivity index (χ1) is 69.3. The third kappa shape index (κ3) is 18.5. The number of nitrogens with two attached hydrogens (primary N) is 6. The highest BCUT2D eigenvalue weighted by Gasteiger charge is 2.34. The topological polar surface area (TPSA) is 528 Å². The molecular formula is C99H87Cl4N37O3. The number of nitrogens with zero attached hydrogens (tertiary/aromatic N) is 29. The molecule has 21 aromatic rings. The summed E-state index contributed by atoms with van der Waals surface area (Å²) in [7, 11) is 3.64. The average Bonchev–Trinajstić information content (AvgIpc) is 1.61. The number of anilines is 8. The van der Waals surface area contributed by atoms with Gasteiger partial charge in [0.15, 0.2) is 64.0 Å². The lowest BCUT2D eigenvalue weighted by molar-refractivity contribution is -0.117. The number of ether oxygens (including phenoxy) is 1. The zero-order valence-corrected chi connectivity index (χ0v) is 80.2. The molecule has 4 fully saturated rings. The fraction of sp³-hybridized carbons (Fsp3) is 0.172. The molecule has 4 saturated heterocycles. The van der Waals surface area contributed by atoms with Gasteiger partial charge in [0.1, 0.15) is 57.1 Å². The van der Waals surface area contributed by atoms with E-state index in [2.05, 4.69) is 96.7 Å². The lowest BCUT2D eigenvalue weighted by Crippen LogP contribution is -2.56. The number of carbonyl (C=O) groups excluding carboxylic acids is 1. The highest BCUT2D eigenvalue weighted by molar-refractivity contribution is 6.37. The van der Waals surface area contributed by atoms with E-state index in [9.17, 15) is 9.59 Å². The number of aryl methyl sites for hydroxylation is 5. The van der Waals surface area contributed by atoms with Crippen LogP contribution in [0.2, 0.25) is 20.1 Å². The number of fused-ring (bicyclic) bond motifs is 5. The number of halogens is 4. The normalized spacial score (nSPS) is 13.6. The number of nitrogens with one attached hydrogen (secondary N) is 2. The number of benzene rings is 5. The van der Waals surface area contributed by atoms with Crippen LogP contribution in [0.3, 0.4) is 0 Å². The van der Waals surface area contributed by atoms with Crippen LogP contribution < -0.4 is 54.7 Å². The van der Waals surface area contributed by atoms with Crippen molar-refractivity contribution in [2.45, 2.75) is 52.0 Å². The van der Waals surface area contributed by atoms with Gasteiger partial charge in [0.05, 0.1) is 102 Å². The second-order valence-electron chi connectivity index (χ2n) is 34.4. The van der Waals surface area contributed by atoms with Gasteiger partial charge in [-0.3, -0.25) is 53.6 Å². The fourth-order valence-electron chi connectivity index (χ4n) is 17.0. The lowest BCUT2D eigenvalue weighted by Gasteiger charge is -2.38. The Morgan fingerprint density at radius 3 is 1.32 bits per heavy atom. The van der Waals surface area contributed by atoms with Crippen LogP contribution in [-0.4, -0.2) is 197 Å². The van der Waals surface area contributed by atoms with Crippen LogP contribution in [-0.2, 0) is 23.6 Å². The van der Waals surface area contributed by atoms with Gasteiger partial charge in [-0.2, -0.15) is 35.7 Å². The van der Waals surface area contributed by atoms with Gasteiger partial charge in [0.2, 0.25) is 5.91 Å². The van der Waals surface area contributed by atoms with Crippen LogP contribution >= 0.6 is 46.4 Å². The van der Waals surface area contributed by atoms with E-state index >= 15 is 0 Å². The zero-order valence-electron chi connectivity index (χ0n) is 77.2. The van der Waals surface area contributed by atoms with Crippen molar-refractivity contribution in [2.75, 3.05) is 89.3 Å². The number of amides is 1. The molecule has 14 N–H and O–H groups in total. The molecule has 0 saturated carbocycles. The summed E-state index contributed by atoms with van der Waals surface area (Å²) in [6.45, 7) is 10.9. The molecule has 0 aliphatic carbocycles. The number of nitrogen functional groups attached to an aromatic ring is 5. The minimum Gasteiger partial charge on any atom is -0.382 e. The molecule has 4 aliphatic rings. The van der Waals surface area contributed by atoms with Crippen LogP contribution in [0.5, 0.6) is 0 Å². The van der Waals surface area contributed by atoms with Gasteiger partial charge in [0.25, 0.3) is 5.56 Å². The predicted molar refractivity (Wildman–Crippen MR) is 552 cm³/mol. The molecule has 0 bridgehead atoms. The van der Waals surface area contributed by atoms with Gasteiger partial charge in [-0.05, 0) is 149 Å². The number of aromatic nitrogens is 28. The molecule has 0 atom stereocenters. The van der Waals surface area contributed by atoms with Crippen molar-refractivity contribution < 1.29 is 9.53 Å². The minimum absolute atomic E-state index is 0.00847. The van der Waals surface area contributed by atoms with Crippen molar-refractivity contribution in [1.82, 2.24) is 139 Å². The maximum atomic E-state index is 12.4. The van der Waals surface area contributed by atoms with E-state index in [0.29, 0.717) is 168 Å². The van der Waals surface area contributed by atoms with E-state index in [1.807, 2.05) is 186 Å². The standard InChI is InChI=1S/C22H16ClN7O.C20H19ClN8.C20H18N6O.C19H17ClN8O.C18H17ClN8/c1-29-10-7-16(28-29)20-19(14-11-13-5-4-8-25-18(13)15(23)12-14)27-22(21(24)26-20)30-9-3-2-6-17(30)31;1-11-4-6-29(27-11)19-17(25-20(18(23)26-19)28-9-14(22)10-28)13-7-12-3-2-5-24-16(12)15(21)8-13;1-12-6-8-26(25-12)20-18(23-17(19(21)24-20)15-10-27-11-15)14-4-5-16-13(9-14)3-2-7-22-16;1-27-6-4-13(26-27)17-16(10-7-11-9-22-25-15(11)12(20)8-10)24-19(18(21)23-17)28-5-2-3-14(28)29;1-10-3-6-27(25-10)17-15(22-18(16(20)23-17)26-4-2-5-26)11-7-12-9-21-24-14(12)13(19)8-11/h2-12H,1H3,(H2,24,26);2-8,14H,9-10,22H2,1H3,(H2,23,26);2-9,15H,10-11H2,1H3,(H2,21,24);4,6-9H,2-3,5H2,1H3,(H2,21,23)(H,22,25);3,6-9H,2,4-5H2,1H3,(H2,20,23)(H,21,24). The molecule has 0 radical (unpaired) electrons. The molecule has 1 amide bonds. The number of hydrogen-bond donors (Lipinski definition) is 8. The first-order valence-corrected chi connectivity index (χ1v) is 46.8. The highest BCUT2D eigenvalue weighted by Crippen LogP contribution is 2.43. The van der Waals surface area contributed by atoms with E-state index in [-0.39, 0.29) is 40.9 Å². The maximum Gasteiger partial charge on any atom is 0.256 e. The molecule has 40 nitrogen and oxygen atoms in total. The number of pyridine rings is 4. The monoisotopic (exact) mass is 1980 g/mol. The summed E-state index contributed by atoms with van der Waals surface area (Å²) in [5.41, 5.74) is 53.6. The quantitative estimate of drug-likeness (QED) is 0.0472. The number of hydrogen-bond acceptors (Lipinski definition) is 31. The summed E-state index contributed by atoms with van der Waals surface area (Å²) in [5, 5.41) is 43.0. The molecule has 714 valence electrons. The molecule has 20 heterocycles. The van der Waals surface area contributed by atoms with Gasteiger partial charge in [-0.25, -0.2) is 63.9 Å². The number of aromatic amines is 2. The third-order valence-electron chi connectivity index (χ3n) is 24.3. The first-order valence-electron chi connectivity index (χ1n) is 45.3. The maximum absolute atomic E-state index is 12.4. The summed E-state index contributed by atoms with van der Waals surface area (Å²) in [6, 6.07) is 47.1. The fourth-order valence-corrected chi connectivity index (χ4v) is 18.1. The van der Waals surface area contributed by atoms with Crippen molar-refractivity contribution in [2.24, 2.45) is 19.8 Å². The smallest absolute Gasteiger partial charge is 0.256 e. The van der Waals surface area contributed by atoms with Gasteiger partial charge in [0, 0.05) is 176 Å². The Balaban J connectivity index is 0.000000106. The van der Waals surface area contributed by atoms with Gasteiger partial charge in [-0.15, -0.1) is 0 Å². The summed E-state index contributed by atoms with van der Waals surface area (Å²) in [6.07, 6.45) is 21.8. The summed E-state index contributed by atoms with van der Waals surface area (Å²) >= 11 is 25.9. The van der Waals surface area contributed by atoms with Crippen molar-refractivity contribution in [3.05, 3.63) is 273 Å². The molecule has 25 rings (SSSR count). The minimum atomic E-state index is -0.263. The predicted octanol–water partition coefficient (Wildman–Crippen LogP) is 14.7. The molecule has 0 unspecified atom stereocenters. The largest absolute Gasteiger partial charge is 0.382 e. The Kier molecular flexibility index (Phi) is 24.8. The molecule has 143 heavy (non-hydrogen) atoms. The molecule has 0 spiro atoms. The first kappa shape index (κ1) is 92.2. The van der Waals surface area contributed by atoms with E-state index in [4.69, 9.17) is 110 Å². The molecule has 16 aromatic heterocycles. The van der Waals surface area contributed by atoms with Gasteiger partial charge in [-0.1, -0.05) is 76.7 Å². The average molecular weight is 1980 g/mol. The zero-order chi connectivity index (χ0) is 98.7. The van der Waals surface area contributed by atoms with Crippen molar-refractivity contribution in [3.63, 3.8) is 0 Å². The molecular weight excluding hydrogens is 1900 g/mol. The number of rotatable bonds is 15. The van der Waals surface area contributed by atoms with Crippen LogP contribution in [0.4, 0.5) is 46.5 Å². The van der Waals surface area contributed by atoms with Crippen LogP contribution in [0.1, 0.15) is 48.0 Å². The van der Waals surface area contributed by atoms with Crippen LogP contribution in [0, 0.1) is 20.8 Å². The Morgan fingerprint density at radius 2 is 0.853 bits per heavy atom. The molecule has 4 aliphatic heterocycles. The number of H-pyrrole nitrogens is 2. The Labute approximate surface area is 832 Å². The van der Waals surface area contributed by atoms with E-state index in [1.54, 1.807) is 89.8 Å². The SMILES string of the molecule is Cc1ccn(-c2nc(N)c(C3COC3)nc2-c2ccc3ncccc3c2)n1.Cc1ccn(-c2nc(N)c(N3CC(N)C3)nc2-c2cc(Cl)c3ncccc3c2)n1.Cc1ccn(-c2nc(N)c(N3CCC3)nc2-c2cc(Cl)c3[nH]ncc3c2)n1.Cn1ccc(-c2nc(N)c(-n3ccccc3=O)nc2-c2cc(Cl)c3ncccc3c2)n1.Cn1ccc(-c2nc(N)c(N3CCCC3=O)nc2-c2cc(Cl)c3[nH]ncc3c2)n1. The lowest BCUT2D eigenvalue weighted by atomic mass is 10.0. The summed E-state index contributed by atoms with van der Waals surface area (Å²) < 4.78 is 15.1. The summed E-state index contributed by atoms with van der Waals surface area (Å²) in [5.74, 6) is 5.33. The van der Waals surface area contributed by atoms with Gasteiger partial charge >= 0.3 is 0 Å². The van der Waals surface area contributed by atoms with E-state index in [1.165, 1.54) is 10.6 Å². The Bertz CT molecular complexity index is 8580. The van der Waals surface area contributed by atoms with Gasteiger partial charge < -0.3 is 48.9 Å². The highest BCUT2D eigenvalue weighted by atomic mass is 35.5. The Hall–Kier alpha value is -17.2. The van der Waals surface area contributed by atoms with Crippen molar-refractivity contribution in [3.8, 4) is 102 Å². The van der Waals surface area contributed by atoms with Crippen molar-refractivity contribution >= 4 is 153 Å². The van der Waals surface area contributed by atoms with E-state index < -0.39 is 0 Å². The van der Waals surface area contributed by atoms with Crippen LogP contribution in [0.25, 0.3) is 157 Å². The number of carbonyl (C=O) groups is 1. The van der Waals surface area contributed by atoms with Crippen molar-refractivity contribution in [1.29, 1.82) is 0 Å². The summed E-state index contributed by atoms with van der Waals surface area (Å²) in [4.78, 5) is 90.8. The van der Waals surface area contributed by atoms with Crippen LogP contribution in [0.15, 0.2) is 225 Å². The molecule has 5 aromatic carbocycles. The second kappa shape index (κ2) is 38.5.